The van der Waals surface area contributed by atoms with Crippen molar-refractivity contribution in [2.45, 2.75) is 26.7 Å². The monoisotopic (exact) mass is 353 g/mol. The molecule has 6 nitrogen and oxygen atoms in total. The Morgan fingerprint density at radius 2 is 2.08 bits per heavy atom. The second kappa shape index (κ2) is 6.04. The molecule has 3 aromatic heterocycles. The summed E-state index contributed by atoms with van der Waals surface area (Å²) < 4.78 is 1.65. The fourth-order valence-corrected chi connectivity index (χ4v) is 2.95. The van der Waals surface area contributed by atoms with E-state index >= 15 is 0 Å². The van der Waals surface area contributed by atoms with Crippen LogP contribution < -0.4 is 0 Å². The van der Waals surface area contributed by atoms with E-state index < -0.39 is 0 Å². The van der Waals surface area contributed by atoms with E-state index in [-0.39, 0.29) is 5.91 Å². The number of pyridine rings is 1. The van der Waals surface area contributed by atoms with Crippen LogP contribution in [-0.4, -0.2) is 31.2 Å². The Balaban J connectivity index is 1.81. The van der Waals surface area contributed by atoms with Gasteiger partial charge in [-0.15, -0.1) is 0 Å². The molecule has 0 N–H and O–H groups in total. The van der Waals surface area contributed by atoms with Crippen molar-refractivity contribution >= 4 is 28.9 Å². The number of aromatic nitrogens is 4. The smallest absolute Gasteiger partial charge is 0.267 e. The topological polar surface area (TPSA) is 72.5 Å². The fraction of sp³-hybridized carbons (Fsp3) is 0.278. The molecule has 0 aromatic carbocycles. The van der Waals surface area contributed by atoms with Gasteiger partial charge in [-0.25, -0.2) is 14.5 Å². The van der Waals surface area contributed by atoms with Crippen molar-refractivity contribution in [3.8, 4) is 11.3 Å². The van der Waals surface area contributed by atoms with Crippen molar-refractivity contribution < 1.29 is 4.79 Å². The molecule has 1 fully saturated rings. The van der Waals surface area contributed by atoms with Gasteiger partial charge in [-0.3, -0.25) is 9.78 Å². The predicted molar refractivity (Wildman–Crippen MR) is 96.1 cm³/mol. The minimum atomic E-state index is -0.298. The van der Waals surface area contributed by atoms with Crippen LogP contribution in [0.2, 0.25) is 5.02 Å². The average molecular weight is 354 g/mol. The summed E-state index contributed by atoms with van der Waals surface area (Å²) >= 11 is 6.03. The molecule has 0 atom stereocenters. The Morgan fingerprint density at radius 1 is 1.28 bits per heavy atom. The molecule has 7 heteroatoms. The normalized spacial score (nSPS) is 14.9. The van der Waals surface area contributed by atoms with Crippen LogP contribution in [-0.2, 0) is 0 Å². The number of hydrogen-bond acceptors (Lipinski definition) is 4. The van der Waals surface area contributed by atoms with Gasteiger partial charge < -0.3 is 0 Å². The zero-order valence-corrected chi connectivity index (χ0v) is 14.7. The van der Waals surface area contributed by atoms with E-state index in [9.17, 15) is 4.79 Å². The second-order valence-corrected chi connectivity index (χ2v) is 6.74. The molecule has 0 spiro atoms. The first-order valence-electron chi connectivity index (χ1n) is 8.09. The highest BCUT2D eigenvalue weighted by atomic mass is 35.5. The lowest BCUT2D eigenvalue weighted by molar-refractivity contribution is 0.100. The van der Waals surface area contributed by atoms with Gasteiger partial charge in [-0.1, -0.05) is 11.6 Å². The first kappa shape index (κ1) is 15.9. The van der Waals surface area contributed by atoms with Crippen molar-refractivity contribution in [1.82, 2.24) is 19.6 Å². The molecule has 0 radical (unpaired) electrons. The van der Waals surface area contributed by atoms with Gasteiger partial charge >= 0.3 is 0 Å². The fourth-order valence-electron chi connectivity index (χ4n) is 2.78. The first-order valence-corrected chi connectivity index (χ1v) is 8.46. The van der Waals surface area contributed by atoms with E-state index in [4.69, 9.17) is 11.6 Å². The largest absolute Gasteiger partial charge is 0.282 e. The summed E-state index contributed by atoms with van der Waals surface area (Å²) in [5.41, 5.74) is 4.12. The number of halogens is 1. The summed E-state index contributed by atoms with van der Waals surface area (Å²) in [5.74, 6) is 0.154. The molecule has 3 aromatic rings. The van der Waals surface area contributed by atoms with Crippen LogP contribution in [0.4, 0.5) is 0 Å². The second-order valence-electron chi connectivity index (χ2n) is 6.30. The minimum Gasteiger partial charge on any atom is -0.267 e. The molecular weight excluding hydrogens is 338 g/mol. The van der Waals surface area contributed by atoms with Crippen LogP contribution >= 0.6 is 11.6 Å². The van der Waals surface area contributed by atoms with E-state index in [2.05, 4.69) is 20.1 Å². The quantitative estimate of drug-likeness (QED) is 0.672. The Bertz CT molecular complexity index is 1020. The highest BCUT2D eigenvalue weighted by molar-refractivity contribution is 6.30. The molecule has 0 unspecified atom stereocenters. The lowest BCUT2D eigenvalue weighted by Crippen LogP contribution is -2.04. The molecule has 126 valence electrons. The maximum Gasteiger partial charge on any atom is 0.282 e. The zero-order valence-electron chi connectivity index (χ0n) is 13.9. The number of aryl methyl sites for hydroxylation is 1. The SMILES string of the molecule is CC(=NC(=O)c1cnn2c(C)cc(-c3cncc(Cl)c3)nc12)C1CC1. The molecule has 1 aliphatic rings. The summed E-state index contributed by atoms with van der Waals surface area (Å²) in [6, 6.07) is 3.68. The molecule has 1 aliphatic carbocycles. The number of hydrogen-bond donors (Lipinski definition) is 0. The molecule has 0 bridgehead atoms. The summed E-state index contributed by atoms with van der Waals surface area (Å²) in [6.07, 6.45) is 7.01. The molecule has 1 saturated carbocycles. The molecule has 0 aliphatic heterocycles. The van der Waals surface area contributed by atoms with Crippen LogP contribution in [0.25, 0.3) is 16.9 Å². The van der Waals surface area contributed by atoms with Gasteiger partial charge in [0.1, 0.15) is 5.56 Å². The van der Waals surface area contributed by atoms with Crippen molar-refractivity contribution in [3.63, 3.8) is 0 Å². The summed E-state index contributed by atoms with van der Waals surface area (Å²) in [4.78, 5) is 25.5. The molecule has 25 heavy (non-hydrogen) atoms. The Morgan fingerprint density at radius 3 is 2.80 bits per heavy atom. The third-order valence-electron chi connectivity index (χ3n) is 4.33. The maximum atomic E-state index is 12.6. The van der Waals surface area contributed by atoms with E-state index in [0.717, 1.165) is 29.8 Å². The van der Waals surface area contributed by atoms with Gasteiger partial charge in [0.05, 0.1) is 16.9 Å². The first-order chi connectivity index (χ1) is 12.0. The number of carbonyl (C=O) groups excluding carboxylic acids is 1. The van der Waals surface area contributed by atoms with Gasteiger partial charge in [-0.05, 0) is 44.7 Å². The minimum absolute atomic E-state index is 0.298. The van der Waals surface area contributed by atoms with E-state index in [0.29, 0.717) is 27.8 Å². The maximum absolute atomic E-state index is 12.6. The van der Waals surface area contributed by atoms with Crippen molar-refractivity contribution in [2.75, 3.05) is 0 Å². The molecule has 3 heterocycles. The Kier molecular flexibility index (Phi) is 3.84. The third kappa shape index (κ3) is 3.05. The van der Waals surface area contributed by atoms with Crippen LogP contribution in [0.5, 0.6) is 0 Å². The average Bonchev–Trinajstić information content (AvgIpc) is 3.34. The lowest BCUT2D eigenvalue weighted by atomic mass is 10.2. The Labute approximate surface area is 149 Å². The van der Waals surface area contributed by atoms with Crippen molar-refractivity contribution in [3.05, 3.63) is 47.0 Å². The van der Waals surface area contributed by atoms with Gasteiger partial charge in [-0.2, -0.15) is 5.10 Å². The molecule has 1 amide bonds. The lowest BCUT2D eigenvalue weighted by Gasteiger charge is -2.05. The number of fused-ring (bicyclic) bond motifs is 1. The molecule has 4 rings (SSSR count). The highest BCUT2D eigenvalue weighted by Crippen LogP contribution is 2.30. The number of aliphatic imine (C=N–C) groups is 1. The summed E-state index contributed by atoms with van der Waals surface area (Å²) in [6.45, 7) is 3.82. The third-order valence-corrected chi connectivity index (χ3v) is 4.53. The van der Waals surface area contributed by atoms with Gasteiger partial charge in [0, 0.05) is 29.4 Å². The van der Waals surface area contributed by atoms with Gasteiger partial charge in [0.15, 0.2) is 5.65 Å². The highest BCUT2D eigenvalue weighted by Gasteiger charge is 2.26. The molecule has 0 saturated heterocycles. The number of nitrogens with zero attached hydrogens (tertiary/aromatic N) is 5. The van der Waals surface area contributed by atoms with Crippen LogP contribution in [0.1, 0.15) is 35.8 Å². The van der Waals surface area contributed by atoms with Crippen molar-refractivity contribution in [1.29, 1.82) is 0 Å². The van der Waals surface area contributed by atoms with Gasteiger partial charge in [0.2, 0.25) is 0 Å². The zero-order chi connectivity index (χ0) is 17.6. The molecular formula is C18H16ClN5O. The van der Waals surface area contributed by atoms with E-state index in [1.807, 2.05) is 19.9 Å². The van der Waals surface area contributed by atoms with E-state index in [1.165, 1.54) is 6.20 Å². The van der Waals surface area contributed by atoms with Crippen LogP contribution in [0.15, 0.2) is 35.7 Å². The van der Waals surface area contributed by atoms with Crippen molar-refractivity contribution in [2.24, 2.45) is 10.9 Å². The number of rotatable bonds is 3. The number of carbonyl (C=O) groups is 1. The van der Waals surface area contributed by atoms with Crippen LogP contribution in [0, 0.1) is 12.8 Å². The standard InChI is InChI=1S/C18H16ClN5O/c1-10-5-16(13-6-14(19)8-20-7-13)23-17-15(9-21-24(10)17)18(25)22-11(2)12-3-4-12/h5-9,12H,3-4H2,1-2H3. The van der Waals surface area contributed by atoms with E-state index in [1.54, 1.807) is 23.0 Å². The van der Waals surface area contributed by atoms with Gasteiger partial charge in [0.25, 0.3) is 5.91 Å². The summed E-state index contributed by atoms with van der Waals surface area (Å²) in [7, 11) is 0. The van der Waals surface area contributed by atoms with Crippen LogP contribution in [0.3, 0.4) is 0 Å². The Hall–Kier alpha value is -2.60. The predicted octanol–water partition coefficient (Wildman–Crippen LogP) is 3.76. The summed E-state index contributed by atoms with van der Waals surface area (Å²) in [5, 5.41) is 4.82. The number of amides is 1.